The van der Waals surface area contributed by atoms with E-state index in [1.807, 2.05) is 6.92 Å². The standard InChI is InChI=1S/C10H18O8S.2Na/c1-2-3-4-17-5-6-18-10(13)8(7-9(11)12)19(14,15)16;;/h8H,2-7H2,1H3,(H,11,12)(H,14,15,16);;/q;2*+1/p-2. The van der Waals surface area contributed by atoms with E-state index in [9.17, 15) is 27.7 Å². The fourth-order valence-electron chi connectivity index (χ4n) is 1.10. The van der Waals surface area contributed by atoms with Crippen LogP contribution in [0.4, 0.5) is 0 Å². The van der Waals surface area contributed by atoms with Gasteiger partial charge in [-0.1, -0.05) is 13.3 Å². The van der Waals surface area contributed by atoms with Gasteiger partial charge < -0.3 is 23.9 Å². The molecular weight excluding hydrogens is 326 g/mol. The Morgan fingerprint density at radius 3 is 2.14 bits per heavy atom. The van der Waals surface area contributed by atoms with E-state index >= 15 is 0 Å². The van der Waals surface area contributed by atoms with Crippen molar-refractivity contribution in [3.8, 4) is 0 Å². The van der Waals surface area contributed by atoms with Gasteiger partial charge in [-0.2, -0.15) is 0 Å². The van der Waals surface area contributed by atoms with Crippen LogP contribution in [-0.4, -0.2) is 50.0 Å². The van der Waals surface area contributed by atoms with Gasteiger partial charge >= 0.3 is 65.1 Å². The van der Waals surface area contributed by atoms with Crippen molar-refractivity contribution < 1.29 is 96.3 Å². The van der Waals surface area contributed by atoms with Gasteiger partial charge in [0.15, 0.2) is 5.25 Å². The first-order valence-corrected chi connectivity index (χ1v) is 7.15. The number of ether oxygens (including phenoxy) is 2. The fraction of sp³-hybridized carbons (Fsp3) is 0.800. The maximum absolute atomic E-state index is 11.3. The van der Waals surface area contributed by atoms with Gasteiger partial charge in [0.05, 0.1) is 6.61 Å². The minimum atomic E-state index is -5.10. The summed E-state index contributed by atoms with van der Waals surface area (Å²) in [6, 6.07) is 0. The van der Waals surface area contributed by atoms with Crippen LogP contribution in [0.15, 0.2) is 0 Å². The Labute approximate surface area is 168 Å². The molecule has 0 aliphatic heterocycles. The Balaban J connectivity index is -0.00000162. The Kier molecular flexibility index (Phi) is 18.3. The number of unbranched alkanes of at least 4 members (excludes halogenated alkanes) is 1. The van der Waals surface area contributed by atoms with Crippen LogP contribution < -0.4 is 64.2 Å². The molecule has 0 saturated carbocycles. The van der Waals surface area contributed by atoms with Gasteiger partial charge in [-0.05, 0) is 6.42 Å². The third-order valence-corrected chi connectivity index (χ3v) is 3.13. The molecule has 0 aromatic rings. The van der Waals surface area contributed by atoms with Crippen LogP contribution in [-0.2, 0) is 29.2 Å². The van der Waals surface area contributed by atoms with Gasteiger partial charge in [0.25, 0.3) is 0 Å². The summed E-state index contributed by atoms with van der Waals surface area (Å²) in [5, 5.41) is 7.98. The number of hydrogen-bond donors (Lipinski definition) is 0. The maximum atomic E-state index is 11.3. The van der Waals surface area contributed by atoms with Crippen LogP contribution in [0, 0.1) is 0 Å². The number of aliphatic carboxylic acids is 1. The van der Waals surface area contributed by atoms with E-state index in [1.165, 1.54) is 0 Å². The molecular formula is C10H16Na2O8S. The molecule has 112 valence electrons. The average Bonchev–Trinajstić information content (AvgIpc) is 2.28. The summed E-state index contributed by atoms with van der Waals surface area (Å²) in [7, 11) is -5.10. The number of carbonyl (C=O) groups excluding carboxylic acids is 2. The van der Waals surface area contributed by atoms with Crippen LogP contribution in [0.3, 0.4) is 0 Å². The first-order chi connectivity index (χ1) is 8.79. The molecule has 8 nitrogen and oxygen atoms in total. The van der Waals surface area contributed by atoms with E-state index in [0.29, 0.717) is 6.61 Å². The molecule has 0 spiro atoms. The molecule has 11 heteroatoms. The number of rotatable bonds is 10. The van der Waals surface area contributed by atoms with Crippen LogP contribution >= 0.6 is 0 Å². The molecule has 1 atom stereocenters. The summed E-state index contributed by atoms with van der Waals surface area (Å²) in [5.41, 5.74) is 0. The third kappa shape index (κ3) is 14.2. The average molecular weight is 342 g/mol. The number of carboxylic acids is 1. The number of carboxylic acid groups (broad SMARTS) is 1. The molecule has 0 fully saturated rings. The van der Waals surface area contributed by atoms with Gasteiger partial charge in [-0.15, -0.1) is 0 Å². The molecule has 0 bridgehead atoms. The first-order valence-electron chi connectivity index (χ1n) is 5.68. The van der Waals surface area contributed by atoms with Crippen LogP contribution in [0.1, 0.15) is 26.2 Å². The largest absolute Gasteiger partial charge is 1.00 e. The van der Waals surface area contributed by atoms with Gasteiger partial charge in [0.1, 0.15) is 16.7 Å². The predicted octanol–water partition coefficient (Wildman–Crippen LogP) is -7.59. The zero-order chi connectivity index (χ0) is 14.9. The summed E-state index contributed by atoms with van der Waals surface area (Å²) < 4.78 is 41.6. The van der Waals surface area contributed by atoms with Crippen molar-refractivity contribution in [3.63, 3.8) is 0 Å². The van der Waals surface area contributed by atoms with Crippen molar-refractivity contribution in [2.75, 3.05) is 19.8 Å². The van der Waals surface area contributed by atoms with Crippen molar-refractivity contribution in [1.82, 2.24) is 0 Å². The summed E-state index contributed by atoms with van der Waals surface area (Å²) in [6.07, 6.45) is 0.541. The summed E-state index contributed by atoms with van der Waals surface area (Å²) >= 11 is 0. The molecule has 0 rings (SSSR count). The van der Waals surface area contributed by atoms with Crippen molar-refractivity contribution in [2.24, 2.45) is 0 Å². The molecule has 0 heterocycles. The molecule has 0 radical (unpaired) electrons. The molecule has 0 aromatic heterocycles. The fourth-order valence-corrected chi connectivity index (χ4v) is 1.74. The summed E-state index contributed by atoms with van der Waals surface area (Å²) in [4.78, 5) is 21.5. The molecule has 0 saturated heterocycles. The number of esters is 1. The van der Waals surface area contributed by atoms with Crippen molar-refractivity contribution >= 4 is 22.1 Å². The minimum absolute atomic E-state index is 0. The zero-order valence-corrected chi connectivity index (χ0v) is 17.3. The predicted molar refractivity (Wildman–Crippen MR) is 59.8 cm³/mol. The quantitative estimate of drug-likeness (QED) is 0.165. The van der Waals surface area contributed by atoms with Crippen molar-refractivity contribution in [2.45, 2.75) is 31.4 Å². The summed E-state index contributed by atoms with van der Waals surface area (Å²) in [6.45, 7) is 2.23. The van der Waals surface area contributed by atoms with E-state index in [2.05, 4.69) is 4.74 Å². The topological polar surface area (TPSA) is 133 Å². The van der Waals surface area contributed by atoms with Gasteiger partial charge in [0.2, 0.25) is 0 Å². The van der Waals surface area contributed by atoms with E-state index in [-0.39, 0.29) is 72.3 Å². The Hall–Kier alpha value is 0.810. The summed E-state index contributed by atoms with van der Waals surface area (Å²) in [5.74, 6) is -3.22. The Bertz CT molecular complexity index is 398. The van der Waals surface area contributed by atoms with E-state index in [1.54, 1.807) is 0 Å². The second kappa shape index (κ2) is 14.4. The zero-order valence-electron chi connectivity index (χ0n) is 12.5. The molecule has 21 heavy (non-hydrogen) atoms. The van der Waals surface area contributed by atoms with E-state index in [0.717, 1.165) is 12.8 Å². The van der Waals surface area contributed by atoms with Crippen LogP contribution in [0.25, 0.3) is 0 Å². The number of hydrogen-bond acceptors (Lipinski definition) is 8. The van der Waals surface area contributed by atoms with Crippen LogP contribution in [0.5, 0.6) is 0 Å². The van der Waals surface area contributed by atoms with Crippen molar-refractivity contribution in [1.29, 1.82) is 0 Å². The Morgan fingerprint density at radius 2 is 1.71 bits per heavy atom. The smallest absolute Gasteiger partial charge is 0.747 e. The maximum Gasteiger partial charge on any atom is 1.00 e. The molecule has 0 aliphatic carbocycles. The first kappa shape index (κ1) is 26.7. The molecule has 0 aliphatic rings. The molecule has 1 unspecified atom stereocenters. The van der Waals surface area contributed by atoms with Gasteiger partial charge in [0, 0.05) is 19.0 Å². The SMILES string of the molecule is CCCCOCCOC(=O)C(CC(=O)[O-])S(=O)(=O)[O-].[Na+].[Na+]. The molecule has 0 amide bonds. The molecule has 0 aromatic carbocycles. The Morgan fingerprint density at radius 1 is 1.14 bits per heavy atom. The molecule has 0 N–H and O–H groups in total. The second-order valence-electron chi connectivity index (χ2n) is 3.69. The van der Waals surface area contributed by atoms with Crippen molar-refractivity contribution in [3.05, 3.63) is 0 Å². The minimum Gasteiger partial charge on any atom is -0.747 e. The monoisotopic (exact) mass is 342 g/mol. The van der Waals surface area contributed by atoms with E-state index < -0.39 is 33.7 Å². The van der Waals surface area contributed by atoms with Gasteiger partial charge in [-0.3, -0.25) is 4.79 Å². The normalized spacial score (nSPS) is 11.7. The van der Waals surface area contributed by atoms with E-state index in [4.69, 9.17) is 4.74 Å². The van der Waals surface area contributed by atoms with Crippen LogP contribution in [0.2, 0.25) is 0 Å². The van der Waals surface area contributed by atoms with Gasteiger partial charge in [-0.25, -0.2) is 8.42 Å². The number of carbonyl (C=O) groups is 2. The third-order valence-electron chi connectivity index (χ3n) is 2.08. The second-order valence-corrected chi connectivity index (χ2v) is 5.25.